The molecule has 1 nitrogen and oxygen atoms in total. The van der Waals surface area contributed by atoms with E-state index in [0.717, 1.165) is 5.92 Å². The minimum Gasteiger partial charge on any atom is -0.312 e. The molecule has 18 heavy (non-hydrogen) atoms. The van der Waals surface area contributed by atoms with Gasteiger partial charge in [-0.2, -0.15) is 11.3 Å². The zero-order valence-corrected chi connectivity index (χ0v) is 14.0. The molecule has 0 aliphatic heterocycles. The van der Waals surface area contributed by atoms with Gasteiger partial charge < -0.3 is 5.32 Å². The summed E-state index contributed by atoms with van der Waals surface area (Å²) in [5.74, 6) is 0.774. The van der Waals surface area contributed by atoms with Gasteiger partial charge in [0.25, 0.3) is 0 Å². The highest BCUT2D eigenvalue weighted by Crippen LogP contribution is 2.52. The molecule has 0 amide bonds. The summed E-state index contributed by atoms with van der Waals surface area (Å²) in [7, 11) is 2.12. The molecule has 1 heterocycles. The van der Waals surface area contributed by atoms with Gasteiger partial charge in [-0.3, -0.25) is 0 Å². The van der Waals surface area contributed by atoms with Crippen molar-refractivity contribution in [2.24, 2.45) is 11.3 Å². The third kappa shape index (κ3) is 2.83. The molecule has 1 atom stereocenters. The monoisotopic (exact) mass is 329 g/mol. The summed E-state index contributed by atoms with van der Waals surface area (Å²) in [6, 6.07) is 0.503. The summed E-state index contributed by atoms with van der Waals surface area (Å²) < 4.78 is 1.28. The number of rotatable bonds is 5. The van der Waals surface area contributed by atoms with Gasteiger partial charge in [0.15, 0.2) is 0 Å². The fraction of sp³-hybridized carbons (Fsp3) is 0.733. The van der Waals surface area contributed by atoms with Crippen LogP contribution in [0.3, 0.4) is 0 Å². The Morgan fingerprint density at radius 2 is 2.00 bits per heavy atom. The summed E-state index contributed by atoms with van der Waals surface area (Å²) in [6.45, 7) is 4.71. The van der Waals surface area contributed by atoms with E-state index in [1.54, 1.807) is 11.3 Å². The third-order valence-corrected chi connectivity index (χ3v) is 6.02. The van der Waals surface area contributed by atoms with Crippen LogP contribution in [0.4, 0.5) is 0 Å². The van der Waals surface area contributed by atoms with E-state index in [1.807, 2.05) is 0 Å². The molecular weight excluding hydrogens is 306 g/mol. The van der Waals surface area contributed by atoms with Gasteiger partial charge in [0.1, 0.15) is 0 Å². The van der Waals surface area contributed by atoms with Gasteiger partial charge in [-0.25, -0.2) is 0 Å². The molecule has 1 aliphatic rings. The molecule has 1 aromatic rings. The number of hydrogen-bond acceptors (Lipinski definition) is 2. The highest BCUT2D eigenvalue weighted by atomic mass is 79.9. The maximum absolute atomic E-state index is 3.72. The maximum atomic E-state index is 3.72. The minimum atomic E-state index is 0.465. The first-order valence-electron chi connectivity index (χ1n) is 6.98. The van der Waals surface area contributed by atoms with Crippen LogP contribution in [0.25, 0.3) is 0 Å². The molecule has 1 aromatic heterocycles. The normalized spacial score (nSPS) is 20.5. The zero-order valence-electron chi connectivity index (χ0n) is 11.6. The predicted octanol–water partition coefficient (Wildman–Crippen LogP) is 5.38. The molecule has 2 rings (SSSR count). The van der Waals surface area contributed by atoms with E-state index in [0.29, 0.717) is 11.5 Å². The Labute approximate surface area is 123 Å². The number of halogens is 1. The van der Waals surface area contributed by atoms with E-state index in [-0.39, 0.29) is 0 Å². The molecule has 102 valence electrons. The Balaban J connectivity index is 2.31. The van der Waals surface area contributed by atoms with Crippen molar-refractivity contribution in [2.75, 3.05) is 7.05 Å². The van der Waals surface area contributed by atoms with Crippen molar-refractivity contribution in [2.45, 2.75) is 52.0 Å². The first-order valence-corrected chi connectivity index (χ1v) is 8.71. The van der Waals surface area contributed by atoms with Crippen molar-refractivity contribution in [1.82, 2.24) is 5.32 Å². The lowest BCUT2D eigenvalue weighted by Gasteiger charge is -2.39. The number of nitrogens with one attached hydrogen (secondary N) is 1. The quantitative estimate of drug-likeness (QED) is 0.764. The minimum absolute atomic E-state index is 0.465. The molecule has 1 saturated carbocycles. The number of thiophene rings is 1. The van der Waals surface area contributed by atoms with Crippen LogP contribution in [0, 0.1) is 11.3 Å². The third-order valence-electron chi connectivity index (χ3n) is 4.27. The zero-order chi connectivity index (χ0) is 13.2. The van der Waals surface area contributed by atoms with Crippen LogP contribution >= 0.6 is 27.3 Å². The second-order valence-corrected chi connectivity index (χ2v) is 7.66. The molecule has 0 aromatic carbocycles. The molecule has 1 unspecified atom stereocenters. The first kappa shape index (κ1) is 14.5. The van der Waals surface area contributed by atoms with Crippen LogP contribution in [0.15, 0.2) is 15.2 Å². The van der Waals surface area contributed by atoms with E-state index in [4.69, 9.17) is 0 Å². The molecule has 0 bridgehead atoms. The van der Waals surface area contributed by atoms with Crippen LogP contribution < -0.4 is 5.32 Å². The van der Waals surface area contributed by atoms with Crippen molar-refractivity contribution in [1.29, 1.82) is 0 Å². The average molecular weight is 330 g/mol. The smallest absolute Gasteiger partial charge is 0.0394 e. The molecular formula is C15H24BrNS. The SMILES string of the molecule is CNC(c1cscc1Br)C1(CC(C)C)CCCC1. The van der Waals surface area contributed by atoms with Crippen molar-refractivity contribution < 1.29 is 0 Å². The van der Waals surface area contributed by atoms with E-state index >= 15 is 0 Å². The van der Waals surface area contributed by atoms with E-state index in [1.165, 1.54) is 42.1 Å². The second-order valence-electron chi connectivity index (χ2n) is 6.06. The Morgan fingerprint density at radius 3 is 2.44 bits per heavy atom. The highest BCUT2D eigenvalue weighted by molar-refractivity contribution is 9.10. The Hall–Kier alpha value is 0.140. The van der Waals surface area contributed by atoms with E-state index in [9.17, 15) is 0 Å². The Kier molecular flexibility index (Phi) is 4.90. The second kappa shape index (κ2) is 6.06. The first-order chi connectivity index (χ1) is 8.59. The van der Waals surface area contributed by atoms with Crippen LogP contribution in [-0.2, 0) is 0 Å². The fourth-order valence-corrected chi connectivity index (χ4v) is 5.34. The number of hydrogen-bond donors (Lipinski definition) is 1. The topological polar surface area (TPSA) is 12.0 Å². The van der Waals surface area contributed by atoms with Gasteiger partial charge in [-0.05, 0) is 64.5 Å². The van der Waals surface area contributed by atoms with Gasteiger partial charge in [0.2, 0.25) is 0 Å². The van der Waals surface area contributed by atoms with Crippen molar-refractivity contribution in [3.05, 3.63) is 20.8 Å². The van der Waals surface area contributed by atoms with Gasteiger partial charge in [0.05, 0.1) is 0 Å². The van der Waals surface area contributed by atoms with Gasteiger partial charge in [-0.1, -0.05) is 26.7 Å². The predicted molar refractivity (Wildman–Crippen MR) is 84.2 cm³/mol. The largest absolute Gasteiger partial charge is 0.312 e. The summed E-state index contributed by atoms with van der Waals surface area (Å²) in [5, 5.41) is 8.13. The van der Waals surface area contributed by atoms with E-state index < -0.39 is 0 Å². The fourth-order valence-electron chi connectivity index (χ4n) is 3.79. The lowest BCUT2D eigenvalue weighted by Crippen LogP contribution is -2.35. The van der Waals surface area contributed by atoms with Gasteiger partial charge >= 0.3 is 0 Å². The average Bonchev–Trinajstić information content (AvgIpc) is 2.90. The summed E-state index contributed by atoms with van der Waals surface area (Å²) in [4.78, 5) is 0. The lowest BCUT2D eigenvalue weighted by atomic mass is 9.71. The Bertz CT molecular complexity index is 380. The van der Waals surface area contributed by atoms with Crippen molar-refractivity contribution >= 4 is 27.3 Å². The van der Waals surface area contributed by atoms with Crippen LogP contribution in [-0.4, -0.2) is 7.05 Å². The van der Waals surface area contributed by atoms with Crippen LogP contribution in [0.2, 0.25) is 0 Å². The van der Waals surface area contributed by atoms with Gasteiger partial charge in [-0.15, -0.1) is 0 Å². The van der Waals surface area contributed by atoms with Crippen LogP contribution in [0.5, 0.6) is 0 Å². The molecule has 0 spiro atoms. The molecule has 3 heteroatoms. The standard InChI is InChI=1S/C15H24BrNS/c1-11(2)8-15(6-4-5-7-15)14(17-3)12-9-18-10-13(12)16/h9-11,14,17H,4-8H2,1-3H3. The van der Waals surface area contributed by atoms with Crippen molar-refractivity contribution in [3.63, 3.8) is 0 Å². The summed E-state index contributed by atoms with van der Waals surface area (Å²) >= 11 is 5.52. The molecule has 0 saturated heterocycles. The maximum Gasteiger partial charge on any atom is 0.0394 e. The lowest BCUT2D eigenvalue weighted by molar-refractivity contribution is 0.161. The molecule has 0 radical (unpaired) electrons. The Morgan fingerprint density at radius 1 is 1.33 bits per heavy atom. The van der Waals surface area contributed by atoms with Crippen LogP contribution in [0.1, 0.15) is 57.6 Å². The van der Waals surface area contributed by atoms with Gasteiger partial charge in [0, 0.05) is 15.9 Å². The molecule has 1 N–H and O–H groups in total. The molecule has 1 fully saturated rings. The van der Waals surface area contributed by atoms with Crippen molar-refractivity contribution in [3.8, 4) is 0 Å². The summed E-state index contributed by atoms with van der Waals surface area (Å²) in [5.41, 5.74) is 1.93. The summed E-state index contributed by atoms with van der Waals surface area (Å²) in [6.07, 6.45) is 6.87. The molecule has 1 aliphatic carbocycles. The highest BCUT2D eigenvalue weighted by Gasteiger charge is 2.42. The van der Waals surface area contributed by atoms with E-state index in [2.05, 4.69) is 52.9 Å².